The zero-order valence-corrected chi connectivity index (χ0v) is 11.1. The zero-order valence-electron chi connectivity index (χ0n) is 10.3. The number of nitrogens with one attached hydrogen (secondary N) is 1. The van der Waals surface area contributed by atoms with E-state index in [1.807, 2.05) is 5.38 Å². The Hall–Kier alpha value is -2.41. The summed E-state index contributed by atoms with van der Waals surface area (Å²) in [5, 5.41) is 10.9. The first-order valence-electron chi connectivity index (χ1n) is 5.91. The highest BCUT2D eigenvalue weighted by Gasteiger charge is 2.14. The Morgan fingerprint density at radius 2 is 2.35 bits per heavy atom. The van der Waals surface area contributed by atoms with Crippen LogP contribution in [-0.2, 0) is 11.2 Å². The number of furan rings is 1. The van der Waals surface area contributed by atoms with Crippen LogP contribution in [-0.4, -0.2) is 21.0 Å². The van der Waals surface area contributed by atoms with Crippen LogP contribution in [0.15, 0.2) is 33.0 Å². The molecule has 0 unspecified atom stereocenters. The van der Waals surface area contributed by atoms with E-state index < -0.39 is 5.97 Å². The summed E-state index contributed by atoms with van der Waals surface area (Å²) in [5.41, 5.74) is 0.427. The van der Waals surface area contributed by atoms with Crippen LogP contribution < -0.4 is 5.56 Å². The number of carboxylic acid groups (broad SMARTS) is 1. The van der Waals surface area contributed by atoms with Crippen molar-refractivity contribution in [2.24, 2.45) is 0 Å². The maximum Gasteiger partial charge on any atom is 0.303 e. The first-order chi connectivity index (χ1) is 9.65. The van der Waals surface area contributed by atoms with Gasteiger partial charge in [0.25, 0.3) is 5.56 Å². The molecule has 0 spiro atoms. The van der Waals surface area contributed by atoms with E-state index >= 15 is 0 Å². The number of aryl methyl sites for hydroxylation is 1. The number of carbonyl (C=O) groups is 1. The van der Waals surface area contributed by atoms with Crippen LogP contribution in [0.4, 0.5) is 0 Å². The molecule has 0 aliphatic carbocycles. The molecular weight excluding hydrogens is 280 g/mol. The van der Waals surface area contributed by atoms with Crippen molar-refractivity contribution < 1.29 is 14.3 Å². The van der Waals surface area contributed by atoms with Crippen LogP contribution in [0.2, 0.25) is 0 Å². The van der Waals surface area contributed by atoms with Crippen molar-refractivity contribution in [3.63, 3.8) is 0 Å². The molecule has 3 aromatic rings. The molecule has 0 fully saturated rings. The van der Waals surface area contributed by atoms with Gasteiger partial charge >= 0.3 is 5.97 Å². The number of rotatable bonds is 4. The van der Waals surface area contributed by atoms with Gasteiger partial charge in [0.1, 0.15) is 16.4 Å². The molecule has 0 aromatic carbocycles. The van der Waals surface area contributed by atoms with Crippen LogP contribution in [0, 0.1) is 0 Å². The normalized spacial score (nSPS) is 11.0. The van der Waals surface area contributed by atoms with Crippen molar-refractivity contribution in [2.75, 3.05) is 0 Å². The van der Waals surface area contributed by atoms with Crippen LogP contribution in [0.1, 0.15) is 12.2 Å². The Balaban J connectivity index is 2.07. The Morgan fingerprint density at radius 1 is 1.50 bits per heavy atom. The number of hydrogen-bond donors (Lipinski definition) is 2. The number of carboxylic acids is 1. The maximum absolute atomic E-state index is 12.1. The van der Waals surface area contributed by atoms with Crippen molar-refractivity contribution >= 4 is 27.5 Å². The average molecular weight is 290 g/mol. The third kappa shape index (κ3) is 2.23. The fraction of sp³-hybridized carbons (Fsp3) is 0.154. The van der Waals surface area contributed by atoms with Gasteiger partial charge in [0.15, 0.2) is 0 Å². The van der Waals surface area contributed by atoms with Crippen molar-refractivity contribution in [3.8, 4) is 11.3 Å². The molecule has 3 heterocycles. The number of nitrogens with zero attached hydrogens (tertiary/aromatic N) is 1. The first kappa shape index (κ1) is 12.6. The van der Waals surface area contributed by atoms with Crippen LogP contribution in [0.3, 0.4) is 0 Å². The van der Waals surface area contributed by atoms with E-state index in [-0.39, 0.29) is 18.4 Å². The number of aliphatic carboxylic acids is 1. The molecule has 3 rings (SSSR count). The summed E-state index contributed by atoms with van der Waals surface area (Å²) in [6.45, 7) is 0. The Labute approximate surface area is 116 Å². The molecule has 0 saturated heterocycles. The molecular formula is C13H10N2O4S. The maximum atomic E-state index is 12.1. The minimum atomic E-state index is -0.921. The van der Waals surface area contributed by atoms with Gasteiger partial charge in [-0.3, -0.25) is 9.59 Å². The quantitative estimate of drug-likeness (QED) is 0.768. The highest BCUT2D eigenvalue weighted by Crippen LogP contribution is 2.30. The fourth-order valence-corrected chi connectivity index (χ4v) is 2.90. The van der Waals surface area contributed by atoms with Gasteiger partial charge in [-0.25, -0.2) is 4.98 Å². The molecule has 0 radical (unpaired) electrons. The third-order valence-electron chi connectivity index (χ3n) is 2.86. The summed E-state index contributed by atoms with van der Waals surface area (Å²) in [6, 6.07) is 3.53. The Bertz CT molecular complexity index is 817. The van der Waals surface area contributed by atoms with Gasteiger partial charge in [0, 0.05) is 17.4 Å². The highest BCUT2D eigenvalue weighted by molar-refractivity contribution is 7.17. The molecule has 0 atom stereocenters. The summed E-state index contributed by atoms with van der Waals surface area (Å²) >= 11 is 1.34. The highest BCUT2D eigenvalue weighted by atomic mass is 32.1. The standard InChI is InChI=1S/C13H10N2O4S/c16-10(17)4-3-9-14-12(18)11-7(6-20-13(11)15-9)8-2-1-5-19-8/h1-2,5-6H,3-4H2,(H,16,17)(H,14,15,18). The van der Waals surface area contributed by atoms with Gasteiger partial charge in [-0.15, -0.1) is 11.3 Å². The largest absolute Gasteiger partial charge is 0.481 e. The second kappa shape index (κ2) is 4.93. The molecule has 0 aliphatic rings. The van der Waals surface area contributed by atoms with Crippen molar-refractivity contribution in [2.45, 2.75) is 12.8 Å². The van der Waals surface area contributed by atoms with Crippen molar-refractivity contribution in [1.29, 1.82) is 0 Å². The third-order valence-corrected chi connectivity index (χ3v) is 3.73. The molecule has 7 heteroatoms. The molecule has 0 aliphatic heterocycles. The van der Waals surface area contributed by atoms with Gasteiger partial charge in [-0.05, 0) is 12.1 Å². The van der Waals surface area contributed by atoms with E-state index in [0.717, 1.165) is 0 Å². The van der Waals surface area contributed by atoms with E-state index in [4.69, 9.17) is 9.52 Å². The van der Waals surface area contributed by atoms with Gasteiger partial charge < -0.3 is 14.5 Å². The summed E-state index contributed by atoms with van der Waals surface area (Å²) in [5.74, 6) is 0.0785. The number of thiophene rings is 1. The molecule has 0 amide bonds. The predicted octanol–water partition coefficient (Wildman–Crippen LogP) is 2.26. The minimum Gasteiger partial charge on any atom is -0.481 e. The van der Waals surface area contributed by atoms with Crippen LogP contribution in [0.5, 0.6) is 0 Å². The summed E-state index contributed by atoms with van der Waals surface area (Å²) < 4.78 is 5.30. The number of aromatic amines is 1. The van der Waals surface area contributed by atoms with E-state index in [0.29, 0.717) is 27.4 Å². The second-order valence-electron chi connectivity index (χ2n) is 4.21. The van der Waals surface area contributed by atoms with Gasteiger partial charge in [-0.2, -0.15) is 0 Å². The molecule has 3 aromatic heterocycles. The Morgan fingerprint density at radius 3 is 3.05 bits per heavy atom. The molecule has 20 heavy (non-hydrogen) atoms. The Kier molecular flexibility index (Phi) is 3.11. The van der Waals surface area contributed by atoms with Crippen LogP contribution >= 0.6 is 11.3 Å². The van der Waals surface area contributed by atoms with E-state index in [1.165, 1.54) is 11.3 Å². The van der Waals surface area contributed by atoms with Crippen molar-refractivity contribution in [3.05, 3.63) is 40.0 Å². The second-order valence-corrected chi connectivity index (χ2v) is 5.07. The monoisotopic (exact) mass is 290 g/mol. The number of aromatic nitrogens is 2. The fourth-order valence-electron chi connectivity index (χ4n) is 1.95. The van der Waals surface area contributed by atoms with Gasteiger partial charge in [0.2, 0.25) is 0 Å². The van der Waals surface area contributed by atoms with Crippen LogP contribution in [0.25, 0.3) is 21.5 Å². The minimum absolute atomic E-state index is 0.0646. The lowest BCUT2D eigenvalue weighted by molar-refractivity contribution is -0.137. The van der Waals surface area contributed by atoms with Gasteiger partial charge in [-0.1, -0.05) is 0 Å². The first-order valence-corrected chi connectivity index (χ1v) is 6.79. The van der Waals surface area contributed by atoms with E-state index in [2.05, 4.69) is 9.97 Å². The van der Waals surface area contributed by atoms with E-state index in [1.54, 1.807) is 18.4 Å². The molecule has 0 bridgehead atoms. The SMILES string of the molecule is O=C(O)CCc1nc2scc(-c3ccco3)c2c(=O)[nH]1. The summed E-state index contributed by atoms with van der Waals surface area (Å²) in [7, 11) is 0. The number of H-pyrrole nitrogens is 1. The zero-order chi connectivity index (χ0) is 14.1. The molecule has 2 N–H and O–H groups in total. The topological polar surface area (TPSA) is 96.2 Å². The number of fused-ring (bicyclic) bond motifs is 1. The summed E-state index contributed by atoms with van der Waals surface area (Å²) in [4.78, 5) is 30.2. The lowest BCUT2D eigenvalue weighted by Crippen LogP contribution is -2.12. The van der Waals surface area contributed by atoms with Crippen molar-refractivity contribution in [1.82, 2.24) is 9.97 Å². The smallest absolute Gasteiger partial charge is 0.303 e. The predicted molar refractivity (Wildman–Crippen MR) is 73.9 cm³/mol. The molecule has 0 saturated carbocycles. The lowest BCUT2D eigenvalue weighted by atomic mass is 10.2. The average Bonchev–Trinajstić information content (AvgIpc) is 3.04. The number of hydrogen-bond acceptors (Lipinski definition) is 5. The van der Waals surface area contributed by atoms with E-state index in [9.17, 15) is 9.59 Å². The molecule has 6 nitrogen and oxygen atoms in total. The lowest BCUT2D eigenvalue weighted by Gasteiger charge is -1.99. The molecule has 102 valence electrons. The summed E-state index contributed by atoms with van der Waals surface area (Å²) in [6.07, 6.45) is 1.68. The van der Waals surface area contributed by atoms with Gasteiger partial charge in [0.05, 0.1) is 18.1 Å².